The first-order valence-electron chi connectivity index (χ1n) is 5.58. The van der Waals surface area contributed by atoms with Crippen molar-refractivity contribution in [3.63, 3.8) is 0 Å². The Labute approximate surface area is 87.5 Å². The Morgan fingerprint density at radius 1 is 1.21 bits per heavy atom. The first kappa shape index (κ1) is 12.0. The van der Waals surface area contributed by atoms with Crippen LogP contribution in [0.4, 0.5) is 0 Å². The molecule has 14 heavy (non-hydrogen) atoms. The van der Waals surface area contributed by atoms with Crippen LogP contribution in [0.1, 0.15) is 39.5 Å². The average Bonchev–Trinajstić information content (AvgIpc) is 2.19. The normalized spacial score (nSPS) is 21.3. The molecule has 1 aliphatic heterocycles. The summed E-state index contributed by atoms with van der Waals surface area (Å²) in [7, 11) is -2.93. The van der Waals surface area contributed by atoms with Gasteiger partial charge in [0.25, 0.3) is 0 Å². The third-order valence-electron chi connectivity index (χ3n) is 3.03. The summed E-state index contributed by atoms with van der Waals surface area (Å²) >= 11 is 0. The standard InChI is InChI=1S/C10H21NO2S/c1-3-5-10-6-8-11(9-7-10)14(12,13)4-2/h10H,3-9H2,1-2H3. The van der Waals surface area contributed by atoms with Crippen molar-refractivity contribution >= 4 is 10.0 Å². The molecule has 0 unspecified atom stereocenters. The second-order valence-electron chi connectivity index (χ2n) is 4.03. The Morgan fingerprint density at radius 3 is 2.21 bits per heavy atom. The van der Waals surface area contributed by atoms with Crippen molar-refractivity contribution in [1.82, 2.24) is 4.31 Å². The molecule has 0 aromatic heterocycles. The van der Waals surface area contributed by atoms with Crippen LogP contribution >= 0.6 is 0 Å². The molecule has 0 atom stereocenters. The van der Waals surface area contributed by atoms with Gasteiger partial charge in [-0.1, -0.05) is 19.8 Å². The van der Waals surface area contributed by atoms with Gasteiger partial charge < -0.3 is 0 Å². The van der Waals surface area contributed by atoms with Crippen molar-refractivity contribution in [3.8, 4) is 0 Å². The molecule has 1 aliphatic rings. The van der Waals surface area contributed by atoms with Crippen LogP contribution in [0.2, 0.25) is 0 Å². The molecule has 0 radical (unpaired) electrons. The van der Waals surface area contributed by atoms with Crippen molar-refractivity contribution in [2.75, 3.05) is 18.8 Å². The van der Waals surface area contributed by atoms with Gasteiger partial charge in [0.15, 0.2) is 0 Å². The summed E-state index contributed by atoms with van der Waals surface area (Å²) in [5.74, 6) is 0.995. The lowest BCUT2D eigenvalue weighted by atomic mass is 9.94. The number of piperidine rings is 1. The first-order chi connectivity index (χ1) is 6.60. The van der Waals surface area contributed by atoms with Gasteiger partial charge in [-0.25, -0.2) is 12.7 Å². The van der Waals surface area contributed by atoms with E-state index in [9.17, 15) is 8.42 Å². The summed E-state index contributed by atoms with van der Waals surface area (Å²) in [4.78, 5) is 0. The van der Waals surface area contributed by atoms with Crippen LogP contribution < -0.4 is 0 Å². The Morgan fingerprint density at radius 2 is 1.79 bits per heavy atom. The smallest absolute Gasteiger partial charge is 0.212 e. The van der Waals surface area contributed by atoms with Crippen LogP contribution in [0.25, 0.3) is 0 Å². The SMILES string of the molecule is CCCC1CCN(S(=O)(=O)CC)CC1. The number of nitrogens with zero attached hydrogens (tertiary/aromatic N) is 1. The number of sulfonamides is 1. The highest BCUT2D eigenvalue weighted by atomic mass is 32.2. The Balaban J connectivity index is 2.43. The zero-order valence-electron chi connectivity index (χ0n) is 9.20. The van der Waals surface area contributed by atoms with Crippen LogP contribution in [-0.2, 0) is 10.0 Å². The molecule has 1 saturated heterocycles. The molecule has 1 rings (SSSR count). The molecule has 0 N–H and O–H groups in total. The molecule has 1 fully saturated rings. The zero-order chi connectivity index (χ0) is 10.6. The third-order valence-corrected chi connectivity index (χ3v) is 4.91. The molecule has 0 aromatic rings. The summed E-state index contributed by atoms with van der Waals surface area (Å²) in [5, 5.41) is 0. The molecular weight excluding hydrogens is 198 g/mol. The summed E-state index contributed by atoms with van der Waals surface area (Å²) in [6, 6.07) is 0. The largest absolute Gasteiger partial charge is 0.213 e. The minimum atomic E-state index is -2.93. The lowest BCUT2D eigenvalue weighted by Crippen LogP contribution is -2.39. The quantitative estimate of drug-likeness (QED) is 0.723. The Hall–Kier alpha value is -0.0900. The topological polar surface area (TPSA) is 37.4 Å². The predicted octanol–water partition coefficient (Wildman–Crippen LogP) is 1.85. The highest BCUT2D eigenvalue weighted by Crippen LogP contribution is 2.23. The van der Waals surface area contributed by atoms with E-state index in [2.05, 4.69) is 6.92 Å². The fraction of sp³-hybridized carbons (Fsp3) is 1.00. The van der Waals surface area contributed by atoms with Crippen LogP contribution in [0, 0.1) is 5.92 Å². The van der Waals surface area contributed by atoms with E-state index in [4.69, 9.17) is 0 Å². The molecule has 0 amide bonds. The highest BCUT2D eigenvalue weighted by molar-refractivity contribution is 7.89. The minimum absolute atomic E-state index is 0.242. The first-order valence-corrected chi connectivity index (χ1v) is 7.19. The van der Waals surface area contributed by atoms with E-state index in [-0.39, 0.29) is 5.75 Å². The van der Waals surface area contributed by atoms with Gasteiger partial charge in [-0.3, -0.25) is 0 Å². The van der Waals surface area contributed by atoms with E-state index in [0.29, 0.717) is 0 Å². The van der Waals surface area contributed by atoms with Crippen molar-refractivity contribution in [2.24, 2.45) is 5.92 Å². The van der Waals surface area contributed by atoms with Gasteiger partial charge in [-0.15, -0.1) is 0 Å². The van der Waals surface area contributed by atoms with E-state index in [0.717, 1.165) is 31.8 Å². The molecule has 0 spiro atoms. The Bertz CT molecular complexity index is 253. The van der Waals surface area contributed by atoms with Crippen LogP contribution in [0.15, 0.2) is 0 Å². The van der Waals surface area contributed by atoms with Gasteiger partial charge >= 0.3 is 0 Å². The van der Waals surface area contributed by atoms with Gasteiger partial charge in [-0.05, 0) is 25.7 Å². The van der Waals surface area contributed by atoms with Crippen LogP contribution in [0.5, 0.6) is 0 Å². The van der Waals surface area contributed by atoms with Gasteiger partial charge in [0.05, 0.1) is 5.75 Å². The highest BCUT2D eigenvalue weighted by Gasteiger charge is 2.25. The maximum atomic E-state index is 11.5. The second kappa shape index (κ2) is 5.12. The minimum Gasteiger partial charge on any atom is -0.212 e. The monoisotopic (exact) mass is 219 g/mol. The fourth-order valence-corrected chi connectivity index (χ4v) is 3.20. The van der Waals surface area contributed by atoms with Crippen molar-refractivity contribution in [2.45, 2.75) is 39.5 Å². The average molecular weight is 219 g/mol. The predicted molar refractivity (Wildman–Crippen MR) is 58.7 cm³/mol. The van der Waals surface area contributed by atoms with Crippen molar-refractivity contribution < 1.29 is 8.42 Å². The van der Waals surface area contributed by atoms with E-state index >= 15 is 0 Å². The van der Waals surface area contributed by atoms with E-state index in [1.807, 2.05) is 0 Å². The molecule has 0 saturated carbocycles. The molecular formula is C10H21NO2S. The molecule has 0 bridgehead atoms. The van der Waals surface area contributed by atoms with Crippen molar-refractivity contribution in [3.05, 3.63) is 0 Å². The molecule has 3 nitrogen and oxygen atoms in total. The second-order valence-corrected chi connectivity index (χ2v) is 6.29. The summed E-state index contributed by atoms with van der Waals surface area (Å²) in [6.45, 7) is 5.38. The van der Waals surface area contributed by atoms with Gasteiger partial charge in [0, 0.05) is 13.1 Å². The summed E-state index contributed by atoms with van der Waals surface area (Å²) in [5.41, 5.74) is 0. The summed E-state index contributed by atoms with van der Waals surface area (Å²) < 4.78 is 24.7. The van der Waals surface area contributed by atoms with E-state index in [1.54, 1.807) is 11.2 Å². The van der Waals surface area contributed by atoms with Crippen LogP contribution in [-0.4, -0.2) is 31.6 Å². The van der Waals surface area contributed by atoms with E-state index < -0.39 is 10.0 Å². The molecule has 4 heteroatoms. The maximum Gasteiger partial charge on any atom is 0.213 e. The number of hydrogen-bond donors (Lipinski definition) is 0. The third kappa shape index (κ3) is 2.95. The molecule has 84 valence electrons. The van der Waals surface area contributed by atoms with Gasteiger partial charge in [-0.2, -0.15) is 0 Å². The Kier molecular flexibility index (Phi) is 4.38. The molecule has 0 aliphatic carbocycles. The lowest BCUT2D eigenvalue weighted by molar-refractivity contribution is 0.262. The number of hydrogen-bond acceptors (Lipinski definition) is 2. The molecule has 0 aromatic carbocycles. The molecule has 1 heterocycles. The van der Waals surface area contributed by atoms with Crippen LogP contribution in [0.3, 0.4) is 0 Å². The maximum absolute atomic E-state index is 11.5. The van der Waals surface area contributed by atoms with Gasteiger partial charge in [0.2, 0.25) is 10.0 Å². The number of rotatable bonds is 4. The van der Waals surface area contributed by atoms with Crippen molar-refractivity contribution in [1.29, 1.82) is 0 Å². The summed E-state index contributed by atoms with van der Waals surface area (Å²) in [6.07, 6.45) is 4.56. The lowest BCUT2D eigenvalue weighted by Gasteiger charge is -2.30. The zero-order valence-corrected chi connectivity index (χ0v) is 10.0. The fourth-order valence-electron chi connectivity index (χ4n) is 2.07. The van der Waals surface area contributed by atoms with E-state index in [1.165, 1.54) is 12.8 Å². The van der Waals surface area contributed by atoms with Gasteiger partial charge in [0.1, 0.15) is 0 Å².